The van der Waals surface area contributed by atoms with Crippen LogP contribution in [0.25, 0.3) is 39.4 Å². The molecule has 5 rings (SSSR count). The Bertz CT molecular complexity index is 1390. The van der Waals surface area contributed by atoms with Crippen LogP contribution in [0.2, 0.25) is 0 Å². The van der Waals surface area contributed by atoms with Crippen molar-refractivity contribution in [3.63, 3.8) is 0 Å². The number of nitrogens with zero attached hydrogens (tertiary/aromatic N) is 4. The lowest BCUT2D eigenvalue weighted by atomic mass is 10.1. The number of para-hydroxylation sites is 1. The van der Waals surface area contributed by atoms with E-state index in [0.29, 0.717) is 22.6 Å². The second-order valence-electron chi connectivity index (χ2n) is 7.00. The molecule has 0 aliphatic heterocycles. The second-order valence-corrected chi connectivity index (χ2v) is 7.00. The zero-order valence-corrected chi connectivity index (χ0v) is 16.3. The van der Waals surface area contributed by atoms with Crippen LogP contribution in [0.3, 0.4) is 0 Å². The van der Waals surface area contributed by atoms with Gasteiger partial charge in [0, 0.05) is 22.3 Å². The number of carbonyl (C=O) groups excluding carboxylic acids is 2. The van der Waals surface area contributed by atoms with Gasteiger partial charge in [0.1, 0.15) is 12.6 Å². The molecule has 148 valence electrons. The lowest BCUT2D eigenvalue weighted by molar-refractivity contribution is 0.111. The van der Waals surface area contributed by atoms with Crippen molar-refractivity contribution in [2.24, 2.45) is 0 Å². The van der Waals surface area contributed by atoms with Crippen molar-refractivity contribution in [3.05, 3.63) is 96.2 Å². The molecule has 0 saturated heterocycles. The minimum atomic E-state index is 0.525. The highest BCUT2D eigenvalue weighted by atomic mass is 16.1. The van der Waals surface area contributed by atoms with Crippen molar-refractivity contribution >= 4 is 23.6 Å². The lowest BCUT2D eigenvalue weighted by Gasteiger charge is -2.09. The largest absolute Gasteiger partial charge is 0.298 e. The maximum absolute atomic E-state index is 11.1. The Balaban J connectivity index is 1.76. The van der Waals surface area contributed by atoms with Gasteiger partial charge in [-0.25, -0.2) is 14.6 Å². The molecule has 0 amide bonds. The Morgan fingerprint density at radius 1 is 0.677 bits per heavy atom. The number of aldehydes is 2. The molecule has 2 heterocycles. The van der Waals surface area contributed by atoms with Crippen LogP contribution in [0.4, 0.5) is 0 Å². The highest BCUT2D eigenvalue weighted by Crippen LogP contribution is 2.30. The second kappa shape index (κ2) is 7.76. The number of carbonyl (C=O) groups is 2. The molecule has 0 radical (unpaired) electrons. The summed E-state index contributed by atoms with van der Waals surface area (Å²) in [7, 11) is 0. The maximum Gasteiger partial charge on any atom is 0.167 e. The van der Waals surface area contributed by atoms with Crippen molar-refractivity contribution < 1.29 is 9.59 Å². The molecule has 0 aliphatic rings. The molecule has 0 atom stereocenters. The van der Waals surface area contributed by atoms with Gasteiger partial charge in [-0.15, -0.1) is 0 Å². The first-order valence-electron chi connectivity index (χ1n) is 9.69. The Labute approximate surface area is 177 Å². The number of fused-ring (bicyclic) bond motifs is 1. The third-order valence-corrected chi connectivity index (χ3v) is 5.05. The summed E-state index contributed by atoms with van der Waals surface area (Å²) in [5.74, 6) is 0.525. The van der Waals surface area contributed by atoms with Crippen molar-refractivity contribution in [2.75, 3.05) is 0 Å². The van der Waals surface area contributed by atoms with E-state index in [0.717, 1.165) is 40.5 Å². The van der Waals surface area contributed by atoms with Gasteiger partial charge >= 0.3 is 0 Å². The van der Waals surface area contributed by atoms with Gasteiger partial charge in [-0.1, -0.05) is 66.7 Å². The Hall–Kier alpha value is -4.45. The van der Waals surface area contributed by atoms with Crippen LogP contribution in [0.5, 0.6) is 0 Å². The van der Waals surface area contributed by atoms with E-state index < -0.39 is 0 Å². The number of benzene rings is 3. The summed E-state index contributed by atoms with van der Waals surface area (Å²) in [6.07, 6.45) is 3.37. The fourth-order valence-corrected chi connectivity index (χ4v) is 3.45. The van der Waals surface area contributed by atoms with Gasteiger partial charge in [0.2, 0.25) is 0 Å². The van der Waals surface area contributed by atoms with Crippen LogP contribution in [-0.2, 0) is 0 Å². The minimum absolute atomic E-state index is 0.525. The van der Waals surface area contributed by atoms with E-state index in [4.69, 9.17) is 9.97 Å². The number of rotatable bonds is 5. The molecular formula is C25H16N4O2. The van der Waals surface area contributed by atoms with Gasteiger partial charge < -0.3 is 0 Å². The predicted octanol–water partition coefficient (Wildman–Crippen LogP) is 4.77. The topological polar surface area (TPSA) is 77.7 Å². The van der Waals surface area contributed by atoms with Gasteiger partial charge in [0.25, 0.3) is 0 Å². The summed E-state index contributed by atoms with van der Waals surface area (Å²) in [5.41, 5.74) is 5.11. The Morgan fingerprint density at radius 3 is 1.90 bits per heavy atom. The maximum atomic E-state index is 11.1. The van der Waals surface area contributed by atoms with Crippen molar-refractivity contribution in [2.45, 2.75) is 0 Å². The van der Waals surface area contributed by atoms with Crippen LogP contribution in [0.15, 0.2) is 85.1 Å². The SMILES string of the molecule is O=Cc1ccc(-c2nc(-c3ccc(C=O)cc3)c3cnn(-c4ccccc4)c3n2)cc1. The molecule has 0 bridgehead atoms. The fraction of sp³-hybridized carbons (Fsp3) is 0. The number of aromatic nitrogens is 4. The van der Waals surface area contributed by atoms with Gasteiger partial charge in [-0.05, 0) is 12.1 Å². The molecule has 6 nitrogen and oxygen atoms in total. The van der Waals surface area contributed by atoms with E-state index in [2.05, 4.69) is 5.10 Å². The zero-order valence-electron chi connectivity index (χ0n) is 16.3. The van der Waals surface area contributed by atoms with Crippen LogP contribution in [0, 0.1) is 0 Å². The van der Waals surface area contributed by atoms with Gasteiger partial charge in [-0.3, -0.25) is 9.59 Å². The molecular weight excluding hydrogens is 388 g/mol. The first-order chi connectivity index (χ1) is 15.3. The summed E-state index contributed by atoms with van der Waals surface area (Å²) in [5, 5.41) is 5.36. The van der Waals surface area contributed by atoms with Crippen molar-refractivity contribution in [1.29, 1.82) is 0 Å². The molecule has 3 aromatic carbocycles. The van der Waals surface area contributed by atoms with Crippen molar-refractivity contribution in [3.8, 4) is 28.3 Å². The summed E-state index contributed by atoms with van der Waals surface area (Å²) in [6, 6.07) is 24.2. The average molecular weight is 404 g/mol. The predicted molar refractivity (Wildman–Crippen MR) is 118 cm³/mol. The normalized spacial score (nSPS) is 10.8. The molecule has 0 N–H and O–H groups in total. The van der Waals surface area contributed by atoms with E-state index in [1.54, 1.807) is 35.1 Å². The lowest BCUT2D eigenvalue weighted by Crippen LogP contribution is -2.00. The van der Waals surface area contributed by atoms with Crippen LogP contribution in [-0.4, -0.2) is 32.3 Å². The summed E-state index contributed by atoms with van der Waals surface area (Å²) < 4.78 is 1.78. The molecule has 6 heteroatoms. The van der Waals surface area contributed by atoms with E-state index in [9.17, 15) is 9.59 Å². The third kappa shape index (κ3) is 3.40. The van der Waals surface area contributed by atoms with Crippen LogP contribution in [0.1, 0.15) is 20.7 Å². The molecule has 0 fully saturated rings. The number of hydrogen-bond acceptors (Lipinski definition) is 5. The molecule has 5 aromatic rings. The van der Waals surface area contributed by atoms with Crippen LogP contribution < -0.4 is 0 Å². The molecule has 0 unspecified atom stereocenters. The summed E-state index contributed by atoms with van der Waals surface area (Å²) in [4.78, 5) is 31.7. The standard InChI is InChI=1S/C25H16N4O2/c30-15-17-6-10-19(11-7-17)23-22-14-26-29(21-4-2-1-3-5-21)25(22)28-24(27-23)20-12-8-18(16-31)9-13-20/h1-16H. The van der Waals surface area contributed by atoms with Crippen molar-refractivity contribution in [1.82, 2.24) is 19.7 Å². The first kappa shape index (κ1) is 18.6. The minimum Gasteiger partial charge on any atom is -0.298 e. The molecule has 31 heavy (non-hydrogen) atoms. The third-order valence-electron chi connectivity index (χ3n) is 5.05. The Kier molecular flexibility index (Phi) is 4.65. The van der Waals surface area contributed by atoms with E-state index >= 15 is 0 Å². The molecule has 0 aliphatic carbocycles. The highest BCUT2D eigenvalue weighted by molar-refractivity contribution is 5.93. The number of hydrogen-bond donors (Lipinski definition) is 0. The van der Waals surface area contributed by atoms with Gasteiger partial charge in [0.05, 0.1) is 23.0 Å². The monoisotopic (exact) mass is 404 g/mol. The van der Waals surface area contributed by atoms with Gasteiger partial charge in [-0.2, -0.15) is 5.10 Å². The summed E-state index contributed by atoms with van der Waals surface area (Å²) in [6.45, 7) is 0. The van der Waals surface area contributed by atoms with E-state index in [1.165, 1.54) is 0 Å². The van der Waals surface area contributed by atoms with E-state index in [-0.39, 0.29) is 0 Å². The quantitative estimate of drug-likeness (QED) is 0.394. The molecule has 2 aromatic heterocycles. The smallest absolute Gasteiger partial charge is 0.167 e. The first-order valence-corrected chi connectivity index (χ1v) is 9.69. The molecule has 0 saturated carbocycles. The van der Waals surface area contributed by atoms with Gasteiger partial charge in [0.15, 0.2) is 11.5 Å². The Morgan fingerprint density at radius 2 is 1.29 bits per heavy atom. The molecule has 0 spiro atoms. The fourth-order valence-electron chi connectivity index (χ4n) is 3.45. The van der Waals surface area contributed by atoms with Crippen LogP contribution >= 0.6 is 0 Å². The summed E-state index contributed by atoms with van der Waals surface area (Å²) >= 11 is 0. The zero-order chi connectivity index (χ0) is 21.2. The highest BCUT2D eigenvalue weighted by Gasteiger charge is 2.16. The van der Waals surface area contributed by atoms with E-state index in [1.807, 2.05) is 54.6 Å². The average Bonchev–Trinajstić information content (AvgIpc) is 3.28.